The topological polar surface area (TPSA) is 61.5 Å². The Kier molecular flexibility index (Phi) is 5.85. The molecule has 2 aromatic carbocycles. The Morgan fingerprint density at radius 2 is 1.52 bits per heavy atom. The van der Waals surface area contributed by atoms with E-state index in [2.05, 4.69) is 0 Å². The smallest absolute Gasteiger partial charge is 0.326 e. The number of esters is 1. The average molecular weight is 341 g/mol. The average Bonchev–Trinajstić information content (AvgIpc) is 2.53. The van der Waals surface area contributed by atoms with Crippen molar-refractivity contribution in [1.29, 1.82) is 0 Å². The van der Waals surface area contributed by atoms with Gasteiger partial charge in [-0.3, -0.25) is 4.79 Å². The van der Waals surface area contributed by atoms with E-state index < -0.39 is 17.1 Å². The van der Waals surface area contributed by atoms with Gasteiger partial charge in [-0.25, -0.2) is 0 Å². The monoisotopic (exact) mass is 341 g/mol. The quantitative estimate of drug-likeness (QED) is 0.810. The first-order chi connectivity index (χ1) is 11.7. The molecule has 4 nitrogen and oxygen atoms in total. The number of hydrogen-bond donors (Lipinski definition) is 1. The maximum Gasteiger partial charge on any atom is 0.326 e. The Balaban J connectivity index is 1.94. The summed E-state index contributed by atoms with van der Waals surface area (Å²) in [5.74, 6) is 0.382. The van der Waals surface area contributed by atoms with Crippen molar-refractivity contribution in [3.05, 3.63) is 65.7 Å². The molecule has 4 heteroatoms. The molecule has 25 heavy (non-hydrogen) atoms. The summed E-state index contributed by atoms with van der Waals surface area (Å²) >= 11 is 0. The van der Waals surface area contributed by atoms with Gasteiger partial charge in [-0.05, 0) is 51.0 Å². The molecule has 1 atom stereocenters. The Bertz CT molecular complexity index is 685. The lowest BCUT2D eigenvalue weighted by Gasteiger charge is -2.28. The van der Waals surface area contributed by atoms with Crippen molar-refractivity contribution in [2.75, 3.05) is 0 Å². The van der Waals surface area contributed by atoms with Crippen LogP contribution in [0, 0.1) is 0 Å². The fourth-order valence-corrected chi connectivity index (χ4v) is 2.34. The zero-order valence-corrected chi connectivity index (χ0v) is 15.4. The summed E-state index contributed by atoms with van der Waals surface area (Å²) in [6.07, 6.45) is 0.404. The highest BCUT2D eigenvalue weighted by molar-refractivity contribution is 5.80. The highest BCUT2D eigenvalue weighted by atomic mass is 16.6. The minimum Gasteiger partial charge on any atom is -0.489 e. The molecule has 0 radical (unpaired) electrons. The third kappa shape index (κ3) is 6.24. The molecule has 0 aliphatic carbocycles. The number of carbonyl (C=O) groups is 1. The van der Waals surface area contributed by atoms with Crippen LogP contribution in [0.2, 0.25) is 0 Å². The van der Waals surface area contributed by atoms with E-state index in [0.717, 1.165) is 16.9 Å². The Hall–Kier alpha value is -2.33. The van der Waals surface area contributed by atoms with Gasteiger partial charge in [-0.1, -0.05) is 42.5 Å². The van der Waals surface area contributed by atoms with Gasteiger partial charge in [-0.2, -0.15) is 0 Å². The molecule has 2 aromatic rings. The lowest BCUT2D eigenvalue weighted by molar-refractivity contribution is -0.160. The number of carbonyl (C=O) groups excluding carboxylic acids is 1. The largest absolute Gasteiger partial charge is 0.489 e. The lowest BCUT2D eigenvalue weighted by Crippen LogP contribution is -2.50. The van der Waals surface area contributed by atoms with Crippen LogP contribution in [0.15, 0.2) is 54.6 Å². The van der Waals surface area contributed by atoms with E-state index in [1.54, 1.807) is 6.92 Å². The normalized spacial score (nSPS) is 13.8. The van der Waals surface area contributed by atoms with Crippen molar-refractivity contribution in [2.24, 2.45) is 5.73 Å². The molecule has 0 heterocycles. The van der Waals surface area contributed by atoms with Gasteiger partial charge in [0, 0.05) is 6.42 Å². The molecule has 0 aromatic heterocycles. The molecule has 2 N–H and O–H groups in total. The highest BCUT2D eigenvalue weighted by Gasteiger charge is 2.33. The summed E-state index contributed by atoms with van der Waals surface area (Å²) in [5, 5.41) is 0. The minimum absolute atomic E-state index is 0.399. The van der Waals surface area contributed by atoms with Crippen LogP contribution < -0.4 is 10.5 Å². The second kappa shape index (κ2) is 7.70. The summed E-state index contributed by atoms with van der Waals surface area (Å²) in [6.45, 7) is 7.72. The van der Waals surface area contributed by atoms with Crippen LogP contribution in [-0.2, 0) is 22.6 Å². The number of nitrogens with two attached hydrogens (primary N) is 1. The number of hydrogen-bond acceptors (Lipinski definition) is 4. The molecule has 2 rings (SSSR count). The van der Waals surface area contributed by atoms with E-state index in [1.165, 1.54) is 0 Å². The van der Waals surface area contributed by atoms with E-state index in [0.29, 0.717) is 13.0 Å². The van der Waals surface area contributed by atoms with Crippen LogP contribution in [0.1, 0.15) is 38.8 Å². The first kappa shape index (κ1) is 19.0. The Morgan fingerprint density at radius 3 is 2.08 bits per heavy atom. The van der Waals surface area contributed by atoms with Crippen molar-refractivity contribution in [1.82, 2.24) is 0 Å². The molecule has 0 spiro atoms. The maximum atomic E-state index is 12.2. The van der Waals surface area contributed by atoms with E-state index in [9.17, 15) is 4.79 Å². The number of ether oxygens (including phenoxy) is 2. The van der Waals surface area contributed by atoms with E-state index in [1.807, 2.05) is 75.4 Å². The molecule has 0 aliphatic rings. The van der Waals surface area contributed by atoms with Gasteiger partial charge in [0.2, 0.25) is 0 Å². The summed E-state index contributed by atoms with van der Waals surface area (Å²) in [5.41, 5.74) is 6.63. The van der Waals surface area contributed by atoms with Gasteiger partial charge in [0.1, 0.15) is 23.5 Å². The van der Waals surface area contributed by atoms with Crippen LogP contribution in [0.4, 0.5) is 0 Å². The van der Waals surface area contributed by atoms with Gasteiger partial charge >= 0.3 is 5.97 Å². The van der Waals surface area contributed by atoms with Crippen LogP contribution in [0.3, 0.4) is 0 Å². The van der Waals surface area contributed by atoms with Crippen LogP contribution in [0.25, 0.3) is 0 Å². The SMILES string of the molecule is CC(C)(C)OC(=O)C(C)(N)Cc1ccc(OCc2ccccc2)cc1. The molecular weight excluding hydrogens is 314 g/mol. The molecule has 0 saturated heterocycles. The maximum absolute atomic E-state index is 12.2. The van der Waals surface area contributed by atoms with E-state index >= 15 is 0 Å². The fraction of sp³-hybridized carbons (Fsp3) is 0.381. The molecule has 0 bridgehead atoms. The Morgan fingerprint density at radius 1 is 0.920 bits per heavy atom. The Labute approximate surface area is 150 Å². The molecule has 1 unspecified atom stereocenters. The van der Waals surface area contributed by atoms with Crippen molar-refractivity contribution in [3.63, 3.8) is 0 Å². The second-order valence-electron chi connectivity index (χ2n) is 7.51. The lowest BCUT2D eigenvalue weighted by atomic mass is 9.93. The third-order valence-electron chi connectivity index (χ3n) is 3.61. The van der Waals surface area contributed by atoms with Gasteiger partial charge in [-0.15, -0.1) is 0 Å². The van der Waals surface area contributed by atoms with Gasteiger partial charge in [0.25, 0.3) is 0 Å². The van der Waals surface area contributed by atoms with Crippen molar-refractivity contribution in [2.45, 2.75) is 51.9 Å². The number of benzene rings is 2. The van der Waals surface area contributed by atoms with E-state index in [-0.39, 0.29) is 0 Å². The highest BCUT2D eigenvalue weighted by Crippen LogP contribution is 2.20. The molecule has 134 valence electrons. The molecule has 0 aliphatic heterocycles. The van der Waals surface area contributed by atoms with Crippen molar-refractivity contribution in [3.8, 4) is 5.75 Å². The summed E-state index contributed by atoms with van der Waals surface area (Å²) < 4.78 is 11.2. The van der Waals surface area contributed by atoms with Gasteiger partial charge in [0.05, 0.1) is 0 Å². The molecule has 0 fully saturated rings. The zero-order chi connectivity index (χ0) is 18.5. The van der Waals surface area contributed by atoms with Gasteiger partial charge in [0.15, 0.2) is 0 Å². The van der Waals surface area contributed by atoms with Crippen molar-refractivity contribution < 1.29 is 14.3 Å². The third-order valence-corrected chi connectivity index (χ3v) is 3.61. The van der Waals surface area contributed by atoms with Crippen molar-refractivity contribution >= 4 is 5.97 Å². The summed E-state index contributed by atoms with van der Waals surface area (Å²) in [4.78, 5) is 12.2. The summed E-state index contributed by atoms with van der Waals surface area (Å²) in [6, 6.07) is 17.6. The predicted molar refractivity (Wildman–Crippen MR) is 99.4 cm³/mol. The predicted octanol–water partition coefficient (Wildman–Crippen LogP) is 3.87. The molecular formula is C21H27NO3. The molecule has 0 amide bonds. The first-order valence-corrected chi connectivity index (χ1v) is 8.44. The first-order valence-electron chi connectivity index (χ1n) is 8.44. The minimum atomic E-state index is -1.07. The number of rotatable bonds is 6. The summed E-state index contributed by atoms with van der Waals surface area (Å²) in [7, 11) is 0. The zero-order valence-electron chi connectivity index (χ0n) is 15.4. The van der Waals surface area contributed by atoms with E-state index in [4.69, 9.17) is 15.2 Å². The van der Waals surface area contributed by atoms with Crippen LogP contribution in [-0.4, -0.2) is 17.1 Å². The van der Waals surface area contributed by atoms with Crippen LogP contribution in [0.5, 0.6) is 5.75 Å². The van der Waals surface area contributed by atoms with Gasteiger partial charge < -0.3 is 15.2 Å². The fourth-order valence-electron chi connectivity index (χ4n) is 2.34. The van der Waals surface area contributed by atoms with Crippen LogP contribution >= 0.6 is 0 Å². The molecule has 0 saturated carbocycles. The second-order valence-corrected chi connectivity index (χ2v) is 7.51. The standard InChI is InChI=1S/C21H27NO3/c1-20(2,3)25-19(23)21(4,22)14-16-10-12-18(13-11-16)24-15-17-8-6-5-7-9-17/h5-13H,14-15,22H2,1-4H3.